The molecule has 1 amide bonds. The van der Waals surface area contributed by atoms with Crippen LogP contribution in [0.3, 0.4) is 0 Å². The molecule has 0 bridgehead atoms. The monoisotopic (exact) mass is 398 g/mol. The van der Waals surface area contributed by atoms with Crippen LogP contribution >= 0.6 is 11.6 Å². The Labute approximate surface area is 157 Å². The number of aliphatic hydroxyl groups is 1. The summed E-state index contributed by atoms with van der Waals surface area (Å²) in [6.45, 7) is 0. The number of hydrazone groups is 1. The topological polar surface area (TPSA) is 62.1 Å². The Bertz CT molecular complexity index is 899. The highest BCUT2D eigenvalue weighted by Crippen LogP contribution is 2.41. The summed E-state index contributed by atoms with van der Waals surface area (Å²) in [5, 5.41) is 15.3. The second-order valence-electron chi connectivity index (χ2n) is 5.89. The molecular formula is C18H14ClF3N2O3. The number of benzene rings is 2. The lowest BCUT2D eigenvalue weighted by molar-refractivity contribution is -0.0816. The smallest absolute Gasteiger partial charge is 0.431 e. The van der Waals surface area contributed by atoms with E-state index in [1.807, 2.05) is 0 Å². The van der Waals surface area contributed by atoms with E-state index in [4.69, 9.17) is 16.3 Å². The molecule has 0 spiro atoms. The first-order valence-electron chi connectivity index (χ1n) is 7.77. The van der Waals surface area contributed by atoms with Gasteiger partial charge in [-0.15, -0.1) is 0 Å². The molecule has 27 heavy (non-hydrogen) atoms. The van der Waals surface area contributed by atoms with Crippen molar-refractivity contribution < 1.29 is 27.8 Å². The third kappa shape index (κ3) is 3.63. The molecule has 3 rings (SSSR count). The summed E-state index contributed by atoms with van der Waals surface area (Å²) in [6.07, 6.45) is -5.69. The second-order valence-corrected chi connectivity index (χ2v) is 6.33. The van der Waals surface area contributed by atoms with Crippen molar-refractivity contribution in [3.05, 3.63) is 64.7 Å². The van der Waals surface area contributed by atoms with Gasteiger partial charge in [-0.3, -0.25) is 4.79 Å². The van der Waals surface area contributed by atoms with Crippen molar-refractivity contribution in [1.29, 1.82) is 0 Å². The first kappa shape index (κ1) is 19.2. The maximum Gasteiger partial charge on any atom is 0.431 e. The highest BCUT2D eigenvalue weighted by Gasteiger charge is 2.53. The van der Waals surface area contributed by atoms with Gasteiger partial charge in [0.1, 0.15) is 11.5 Å². The molecule has 0 fully saturated rings. The van der Waals surface area contributed by atoms with Gasteiger partial charge in [-0.1, -0.05) is 23.7 Å². The molecule has 9 heteroatoms. The highest BCUT2D eigenvalue weighted by molar-refractivity contribution is 6.30. The van der Waals surface area contributed by atoms with Gasteiger partial charge in [-0.2, -0.15) is 23.3 Å². The molecule has 5 nitrogen and oxygen atoms in total. The largest absolute Gasteiger partial charge is 0.497 e. The minimum atomic E-state index is -4.79. The second kappa shape index (κ2) is 6.86. The van der Waals surface area contributed by atoms with Gasteiger partial charge in [0, 0.05) is 16.1 Å². The lowest BCUT2D eigenvalue weighted by Gasteiger charge is -2.31. The summed E-state index contributed by atoms with van der Waals surface area (Å²) in [5.41, 5.74) is -3.48. The van der Waals surface area contributed by atoms with Crippen LogP contribution < -0.4 is 4.74 Å². The van der Waals surface area contributed by atoms with E-state index in [2.05, 4.69) is 5.10 Å². The number of carbonyl (C=O) groups excluding carboxylic acids is 1. The summed E-state index contributed by atoms with van der Waals surface area (Å²) >= 11 is 5.78. The number of nitrogens with zero attached hydrogens (tertiary/aromatic N) is 2. The Hall–Kier alpha value is -2.58. The van der Waals surface area contributed by atoms with Crippen LogP contribution in [0.15, 0.2) is 53.6 Å². The molecule has 1 heterocycles. The Morgan fingerprint density at radius 3 is 2.52 bits per heavy atom. The SMILES string of the molecule is COc1cccc([C@]2(O)CC(C(F)(F)F)=NN2C(=O)c2ccc(Cl)cc2)c1. The fourth-order valence-corrected chi connectivity index (χ4v) is 2.85. The van der Waals surface area contributed by atoms with Crippen LogP contribution in [0.4, 0.5) is 13.2 Å². The van der Waals surface area contributed by atoms with Gasteiger partial charge in [-0.05, 0) is 36.4 Å². The molecule has 2 aromatic carbocycles. The van der Waals surface area contributed by atoms with E-state index < -0.39 is 29.9 Å². The number of rotatable bonds is 3. The normalized spacial score (nSPS) is 19.8. The molecule has 0 unspecified atom stereocenters. The van der Waals surface area contributed by atoms with E-state index in [9.17, 15) is 23.1 Å². The average molecular weight is 399 g/mol. The summed E-state index contributed by atoms with van der Waals surface area (Å²) in [6, 6.07) is 11.4. The number of ether oxygens (including phenoxy) is 1. The predicted molar refractivity (Wildman–Crippen MR) is 92.6 cm³/mol. The van der Waals surface area contributed by atoms with Crippen LogP contribution in [0.2, 0.25) is 5.02 Å². The number of halogens is 4. The minimum Gasteiger partial charge on any atom is -0.497 e. The van der Waals surface area contributed by atoms with Gasteiger partial charge in [0.25, 0.3) is 5.91 Å². The number of hydrogen-bond donors (Lipinski definition) is 1. The summed E-state index contributed by atoms with van der Waals surface area (Å²) in [7, 11) is 1.38. The van der Waals surface area contributed by atoms with Crippen LogP contribution in [0.5, 0.6) is 5.75 Å². The molecular weight excluding hydrogens is 385 g/mol. The fourth-order valence-electron chi connectivity index (χ4n) is 2.73. The summed E-state index contributed by atoms with van der Waals surface area (Å²) < 4.78 is 44.8. The molecule has 1 N–H and O–H groups in total. The van der Waals surface area contributed by atoms with Crippen molar-refractivity contribution in [3.8, 4) is 5.75 Å². The lowest BCUT2D eigenvalue weighted by atomic mass is 9.96. The number of methoxy groups -OCH3 is 1. The van der Waals surface area contributed by atoms with E-state index in [-0.39, 0.29) is 11.1 Å². The van der Waals surface area contributed by atoms with Gasteiger partial charge in [0.2, 0.25) is 0 Å². The van der Waals surface area contributed by atoms with Crippen molar-refractivity contribution in [2.75, 3.05) is 7.11 Å². The third-order valence-electron chi connectivity index (χ3n) is 4.13. The summed E-state index contributed by atoms with van der Waals surface area (Å²) in [5.74, 6) is -0.573. The Kier molecular flexibility index (Phi) is 4.88. The lowest BCUT2D eigenvalue weighted by Crippen LogP contribution is -2.43. The molecule has 0 aromatic heterocycles. The molecule has 0 aliphatic carbocycles. The van der Waals surface area contributed by atoms with Gasteiger partial charge >= 0.3 is 6.18 Å². The quantitative estimate of drug-likeness (QED) is 0.851. The zero-order valence-electron chi connectivity index (χ0n) is 14.0. The maximum atomic E-state index is 13.2. The molecule has 0 saturated heterocycles. The van der Waals surface area contributed by atoms with Crippen LogP contribution in [-0.4, -0.2) is 35.0 Å². The minimum absolute atomic E-state index is 0.0351. The van der Waals surface area contributed by atoms with Crippen molar-refractivity contribution in [1.82, 2.24) is 5.01 Å². The molecule has 1 aliphatic heterocycles. The molecule has 0 saturated carbocycles. The maximum absolute atomic E-state index is 13.2. The first-order chi connectivity index (χ1) is 12.6. The highest BCUT2D eigenvalue weighted by atomic mass is 35.5. The van der Waals surface area contributed by atoms with Crippen LogP contribution in [-0.2, 0) is 5.72 Å². The van der Waals surface area contributed by atoms with Gasteiger partial charge in [-0.25, -0.2) is 0 Å². The van der Waals surface area contributed by atoms with E-state index in [1.165, 1.54) is 49.6 Å². The number of alkyl halides is 3. The van der Waals surface area contributed by atoms with E-state index in [0.29, 0.717) is 15.8 Å². The van der Waals surface area contributed by atoms with Crippen molar-refractivity contribution in [2.45, 2.75) is 18.3 Å². The number of carbonyl (C=O) groups is 1. The summed E-state index contributed by atoms with van der Waals surface area (Å²) in [4.78, 5) is 12.8. The van der Waals surface area contributed by atoms with Crippen LogP contribution in [0.1, 0.15) is 22.3 Å². The van der Waals surface area contributed by atoms with E-state index in [1.54, 1.807) is 6.07 Å². The fraction of sp³-hybridized carbons (Fsp3) is 0.222. The average Bonchev–Trinajstić information content (AvgIpc) is 3.01. The third-order valence-corrected chi connectivity index (χ3v) is 4.38. The van der Waals surface area contributed by atoms with Crippen LogP contribution in [0, 0.1) is 0 Å². The Balaban J connectivity index is 2.08. The Morgan fingerprint density at radius 1 is 1.26 bits per heavy atom. The van der Waals surface area contributed by atoms with Crippen molar-refractivity contribution in [3.63, 3.8) is 0 Å². The first-order valence-corrected chi connectivity index (χ1v) is 8.14. The van der Waals surface area contributed by atoms with Crippen molar-refractivity contribution >= 4 is 23.2 Å². The molecule has 1 atom stereocenters. The molecule has 0 radical (unpaired) electrons. The van der Waals surface area contributed by atoms with E-state index in [0.717, 1.165) is 0 Å². The van der Waals surface area contributed by atoms with E-state index >= 15 is 0 Å². The predicted octanol–water partition coefficient (Wildman–Crippen LogP) is 3.96. The van der Waals surface area contributed by atoms with Gasteiger partial charge in [0.15, 0.2) is 5.72 Å². The number of amides is 1. The number of hydrogen-bond acceptors (Lipinski definition) is 4. The van der Waals surface area contributed by atoms with Crippen molar-refractivity contribution in [2.24, 2.45) is 5.10 Å². The standard InChI is InChI=1S/C18H14ClF3N2O3/c1-27-14-4-2-3-12(9-14)17(26)10-15(18(20,21)22)23-24(17)16(25)11-5-7-13(19)8-6-11/h2-9,26H,10H2,1H3/t17-/m1/s1. The molecule has 1 aliphatic rings. The zero-order valence-corrected chi connectivity index (χ0v) is 14.8. The zero-order chi connectivity index (χ0) is 19.8. The molecule has 142 valence electrons. The van der Waals surface area contributed by atoms with Gasteiger partial charge < -0.3 is 9.84 Å². The van der Waals surface area contributed by atoms with Gasteiger partial charge in [0.05, 0.1) is 13.5 Å². The Morgan fingerprint density at radius 2 is 1.93 bits per heavy atom. The molecule has 2 aromatic rings. The van der Waals surface area contributed by atoms with Crippen LogP contribution in [0.25, 0.3) is 0 Å².